The second-order valence-electron chi connectivity index (χ2n) is 5.10. The predicted octanol–water partition coefficient (Wildman–Crippen LogP) is 2.72. The zero-order valence-electron chi connectivity index (χ0n) is 11.9. The van der Waals surface area contributed by atoms with Crippen LogP contribution in [0.3, 0.4) is 0 Å². The second kappa shape index (κ2) is 6.35. The molecule has 3 nitrogen and oxygen atoms in total. The molecular weight excluding hydrogens is 243 g/mol. The van der Waals surface area contributed by atoms with Crippen molar-refractivity contribution in [2.24, 2.45) is 0 Å². The molecule has 1 atom stereocenters. The molecule has 1 aliphatic rings. The lowest BCUT2D eigenvalue weighted by atomic mass is 10.0. The minimum atomic E-state index is -0.137. The van der Waals surface area contributed by atoms with Crippen molar-refractivity contribution in [1.82, 2.24) is 5.32 Å². The SMILES string of the molecule is CNC(C)c1c(F)cccc1N(CCOC)C1CC1. The number of hydrogen-bond donors (Lipinski definition) is 1. The summed E-state index contributed by atoms with van der Waals surface area (Å²) >= 11 is 0. The van der Waals surface area contributed by atoms with Crippen molar-refractivity contribution in [1.29, 1.82) is 0 Å². The first-order chi connectivity index (χ1) is 9.19. The summed E-state index contributed by atoms with van der Waals surface area (Å²) in [6.45, 7) is 3.47. The maximum absolute atomic E-state index is 14.2. The van der Waals surface area contributed by atoms with Gasteiger partial charge in [-0.2, -0.15) is 0 Å². The number of anilines is 1. The molecule has 0 bridgehead atoms. The molecule has 1 fully saturated rings. The van der Waals surface area contributed by atoms with Gasteiger partial charge < -0.3 is 15.0 Å². The number of rotatable bonds is 7. The molecule has 0 heterocycles. The fraction of sp³-hybridized carbons (Fsp3) is 0.600. The van der Waals surface area contributed by atoms with Gasteiger partial charge in [0, 0.05) is 37.0 Å². The number of ether oxygens (including phenoxy) is 1. The summed E-state index contributed by atoms with van der Waals surface area (Å²) in [5.41, 5.74) is 1.76. The monoisotopic (exact) mass is 266 g/mol. The zero-order valence-corrected chi connectivity index (χ0v) is 11.9. The first-order valence-electron chi connectivity index (χ1n) is 6.90. The van der Waals surface area contributed by atoms with E-state index in [1.54, 1.807) is 13.2 Å². The Bertz CT molecular complexity index is 421. The molecule has 1 saturated carbocycles. The van der Waals surface area contributed by atoms with E-state index >= 15 is 0 Å². The number of nitrogens with one attached hydrogen (secondary N) is 1. The Morgan fingerprint density at radius 2 is 2.21 bits per heavy atom. The van der Waals surface area contributed by atoms with Gasteiger partial charge in [-0.05, 0) is 38.9 Å². The van der Waals surface area contributed by atoms with Crippen molar-refractivity contribution in [2.45, 2.75) is 31.8 Å². The normalized spacial score (nSPS) is 16.4. The van der Waals surface area contributed by atoms with Crippen molar-refractivity contribution in [3.63, 3.8) is 0 Å². The summed E-state index contributed by atoms with van der Waals surface area (Å²) in [5, 5.41) is 3.13. The molecule has 106 valence electrons. The molecule has 2 rings (SSSR count). The maximum atomic E-state index is 14.2. The van der Waals surface area contributed by atoms with E-state index in [1.807, 2.05) is 20.0 Å². The highest BCUT2D eigenvalue weighted by atomic mass is 19.1. The molecule has 1 aliphatic carbocycles. The molecule has 0 aliphatic heterocycles. The Labute approximate surface area is 114 Å². The Balaban J connectivity index is 2.32. The van der Waals surface area contributed by atoms with Crippen molar-refractivity contribution in [2.75, 3.05) is 32.2 Å². The summed E-state index contributed by atoms with van der Waals surface area (Å²) in [6.07, 6.45) is 2.38. The molecule has 1 N–H and O–H groups in total. The van der Waals surface area contributed by atoms with Crippen molar-refractivity contribution in [3.8, 4) is 0 Å². The highest BCUT2D eigenvalue weighted by molar-refractivity contribution is 5.57. The Morgan fingerprint density at radius 3 is 2.79 bits per heavy atom. The highest BCUT2D eigenvalue weighted by Gasteiger charge is 2.31. The minimum absolute atomic E-state index is 0.00000472. The lowest BCUT2D eigenvalue weighted by molar-refractivity contribution is 0.205. The number of nitrogens with zero attached hydrogens (tertiary/aromatic N) is 1. The van der Waals surface area contributed by atoms with E-state index in [0.29, 0.717) is 12.6 Å². The van der Waals surface area contributed by atoms with Crippen LogP contribution in [0.2, 0.25) is 0 Å². The van der Waals surface area contributed by atoms with Gasteiger partial charge in [-0.3, -0.25) is 0 Å². The van der Waals surface area contributed by atoms with Crippen LogP contribution in [0.25, 0.3) is 0 Å². The van der Waals surface area contributed by atoms with Crippen LogP contribution >= 0.6 is 0 Å². The van der Waals surface area contributed by atoms with Gasteiger partial charge in [0.05, 0.1) is 6.61 Å². The molecular formula is C15H23FN2O. The number of hydrogen-bond acceptors (Lipinski definition) is 3. The van der Waals surface area contributed by atoms with Crippen LogP contribution in [0, 0.1) is 5.82 Å². The molecule has 1 aromatic rings. The van der Waals surface area contributed by atoms with Gasteiger partial charge in [0.2, 0.25) is 0 Å². The largest absolute Gasteiger partial charge is 0.383 e. The zero-order chi connectivity index (χ0) is 13.8. The van der Waals surface area contributed by atoms with E-state index in [9.17, 15) is 4.39 Å². The summed E-state index contributed by atoms with van der Waals surface area (Å²) < 4.78 is 19.3. The first-order valence-corrected chi connectivity index (χ1v) is 6.90. The van der Waals surface area contributed by atoms with Crippen LogP contribution in [-0.2, 0) is 4.74 Å². The quantitative estimate of drug-likeness (QED) is 0.821. The van der Waals surface area contributed by atoms with Crippen molar-refractivity contribution < 1.29 is 9.13 Å². The van der Waals surface area contributed by atoms with E-state index in [4.69, 9.17) is 4.74 Å². The standard InChI is InChI=1S/C15H23FN2O/c1-11(17-2)15-13(16)5-4-6-14(15)18(9-10-19-3)12-7-8-12/h4-6,11-12,17H,7-10H2,1-3H3. The summed E-state index contributed by atoms with van der Waals surface area (Å²) in [4.78, 5) is 2.29. The van der Waals surface area contributed by atoms with E-state index in [-0.39, 0.29) is 11.9 Å². The molecule has 0 radical (unpaired) electrons. The van der Waals surface area contributed by atoms with Crippen LogP contribution in [0.1, 0.15) is 31.4 Å². The molecule has 1 unspecified atom stereocenters. The maximum Gasteiger partial charge on any atom is 0.130 e. The third-order valence-electron chi connectivity index (χ3n) is 3.73. The van der Waals surface area contributed by atoms with Gasteiger partial charge in [-0.1, -0.05) is 6.07 Å². The van der Waals surface area contributed by atoms with E-state index in [1.165, 1.54) is 18.9 Å². The average molecular weight is 266 g/mol. The topological polar surface area (TPSA) is 24.5 Å². The second-order valence-corrected chi connectivity index (χ2v) is 5.10. The van der Waals surface area contributed by atoms with Crippen LogP contribution in [-0.4, -0.2) is 33.4 Å². The van der Waals surface area contributed by atoms with Gasteiger partial charge in [-0.25, -0.2) is 4.39 Å². The van der Waals surface area contributed by atoms with Crippen LogP contribution in [0.5, 0.6) is 0 Å². The van der Waals surface area contributed by atoms with Crippen LogP contribution < -0.4 is 10.2 Å². The fourth-order valence-electron chi connectivity index (χ4n) is 2.42. The summed E-state index contributed by atoms with van der Waals surface area (Å²) in [6, 6.07) is 5.88. The highest BCUT2D eigenvalue weighted by Crippen LogP contribution is 2.36. The van der Waals surface area contributed by atoms with E-state index in [2.05, 4.69) is 10.2 Å². The third kappa shape index (κ3) is 3.25. The number of benzene rings is 1. The van der Waals surface area contributed by atoms with E-state index < -0.39 is 0 Å². The van der Waals surface area contributed by atoms with Crippen molar-refractivity contribution in [3.05, 3.63) is 29.6 Å². The smallest absolute Gasteiger partial charge is 0.130 e. The van der Waals surface area contributed by atoms with Crippen molar-refractivity contribution >= 4 is 5.69 Å². The first kappa shape index (κ1) is 14.3. The van der Waals surface area contributed by atoms with Crippen LogP contribution in [0.4, 0.5) is 10.1 Å². The Kier molecular flexibility index (Phi) is 4.77. The van der Waals surface area contributed by atoms with Gasteiger partial charge >= 0.3 is 0 Å². The predicted molar refractivity (Wildman–Crippen MR) is 76.1 cm³/mol. The number of halogens is 1. The molecule has 0 amide bonds. The molecule has 0 saturated heterocycles. The van der Waals surface area contributed by atoms with E-state index in [0.717, 1.165) is 17.8 Å². The Hall–Kier alpha value is -1.13. The van der Waals surface area contributed by atoms with Gasteiger partial charge in [0.25, 0.3) is 0 Å². The molecule has 19 heavy (non-hydrogen) atoms. The lowest BCUT2D eigenvalue weighted by Gasteiger charge is -2.29. The van der Waals surface area contributed by atoms with Gasteiger partial charge in [0.1, 0.15) is 5.82 Å². The molecule has 0 aromatic heterocycles. The Morgan fingerprint density at radius 1 is 1.47 bits per heavy atom. The van der Waals surface area contributed by atoms with Gasteiger partial charge in [-0.15, -0.1) is 0 Å². The lowest BCUT2D eigenvalue weighted by Crippen LogP contribution is -2.31. The minimum Gasteiger partial charge on any atom is -0.383 e. The molecule has 0 spiro atoms. The molecule has 4 heteroatoms. The third-order valence-corrected chi connectivity index (χ3v) is 3.73. The summed E-state index contributed by atoms with van der Waals surface area (Å²) in [5.74, 6) is -0.137. The number of methoxy groups -OCH3 is 1. The molecule has 1 aromatic carbocycles. The van der Waals surface area contributed by atoms with Crippen LogP contribution in [0.15, 0.2) is 18.2 Å². The summed E-state index contributed by atoms with van der Waals surface area (Å²) in [7, 11) is 3.56. The van der Waals surface area contributed by atoms with Gasteiger partial charge in [0.15, 0.2) is 0 Å². The average Bonchev–Trinajstić information content (AvgIpc) is 3.23. The fourth-order valence-corrected chi connectivity index (χ4v) is 2.42.